The zero-order chi connectivity index (χ0) is 14.5. The monoisotopic (exact) mass is 284 g/mol. The van der Waals surface area contributed by atoms with Crippen molar-refractivity contribution in [2.45, 2.75) is 18.9 Å². The van der Waals surface area contributed by atoms with Crippen LogP contribution >= 0.6 is 0 Å². The molecule has 2 aromatic heterocycles. The van der Waals surface area contributed by atoms with Crippen LogP contribution in [0.25, 0.3) is 0 Å². The molecule has 0 N–H and O–H groups in total. The number of hydrogen-bond acceptors (Lipinski definition) is 5. The number of nitrogens with zero attached hydrogens (tertiary/aromatic N) is 4. The number of rotatable bonds is 3. The summed E-state index contributed by atoms with van der Waals surface area (Å²) in [5.41, 5.74) is 0.679. The number of piperidine rings is 1. The van der Waals surface area contributed by atoms with Crippen LogP contribution in [-0.2, 0) is 0 Å². The third-order valence-corrected chi connectivity index (χ3v) is 3.48. The van der Waals surface area contributed by atoms with Crippen molar-refractivity contribution in [1.29, 1.82) is 0 Å². The van der Waals surface area contributed by atoms with Crippen molar-refractivity contribution in [2.75, 3.05) is 13.1 Å². The molecule has 1 fully saturated rings. The molecule has 0 atom stereocenters. The Morgan fingerprint density at radius 3 is 2.52 bits per heavy atom. The van der Waals surface area contributed by atoms with Gasteiger partial charge in [-0.1, -0.05) is 0 Å². The van der Waals surface area contributed by atoms with Gasteiger partial charge in [-0.3, -0.25) is 14.8 Å². The number of ether oxygens (including phenoxy) is 1. The molecule has 21 heavy (non-hydrogen) atoms. The van der Waals surface area contributed by atoms with E-state index < -0.39 is 0 Å². The van der Waals surface area contributed by atoms with Crippen molar-refractivity contribution in [3.63, 3.8) is 0 Å². The summed E-state index contributed by atoms with van der Waals surface area (Å²) in [4.78, 5) is 26.2. The van der Waals surface area contributed by atoms with Gasteiger partial charge in [0.15, 0.2) is 0 Å². The van der Waals surface area contributed by atoms with Gasteiger partial charge in [0.05, 0.1) is 6.20 Å². The van der Waals surface area contributed by atoms with Gasteiger partial charge in [-0.15, -0.1) is 0 Å². The number of hydrogen-bond donors (Lipinski definition) is 0. The first-order valence-electron chi connectivity index (χ1n) is 6.95. The molecule has 0 radical (unpaired) electrons. The maximum atomic E-state index is 12.3. The molecule has 108 valence electrons. The summed E-state index contributed by atoms with van der Waals surface area (Å²) in [5.74, 6) is 0.590. The fraction of sp³-hybridized carbons (Fsp3) is 0.333. The number of carbonyl (C=O) groups is 1. The number of likely N-dealkylation sites (tertiary alicyclic amines) is 1. The van der Waals surface area contributed by atoms with E-state index in [0.29, 0.717) is 24.5 Å². The molecule has 0 aliphatic carbocycles. The van der Waals surface area contributed by atoms with E-state index in [0.717, 1.165) is 12.8 Å². The first-order valence-corrected chi connectivity index (χ1v) is 6.95. The van der Waals surface area contributed by atoms with E-state index in [4.69, 9.17) is 4.74 Å². The zero-order valence-electron chi connectivity index (χ0n) is 11.6. The summed E-state index contributed by atoms with van der Waals surface area (Å²) in [7, 11) is 0. The fourth-order valence-electron chi connectivity index (χ4n) is 2.37. The molecule has 1 amide bonds. The van der Waals surface area contributed by atoms with Gasteiger partial charge in [0, 0.05) is 56.3 Å². The lowest BCUT2D eigenvalue weighted by Gasteiger charge is -2.31. The molecule has 0 unspecified atom stereocenters. The van der Waals surface area contributed by atoms with Crippen molar-refractivity contribution < 1.29 is 9.53 Å². The third kappa shape index (κ3) is 3.34. The topological polar surface area (TPSA) is 68.2 Å². The van der Waals surface area contributed by atoms with Gasteiger partial charge < -0.3 is 9.64 Å². The second-order valence-electron chi connectivity index (χ2n) is 4.89. The molecule has 2 aromatic rings. The molecular weight excluding hydrogens is 268 g/mol. The van der Waals surface area contributed by atoms with Crippen LogP contribution < -0.4 is 4.74 Å². The van der Waals surface area contributed by atoms with Crippen molar-refractivity contribution in [3.05, 3.63) is 48.7 Å². The fourth-order valence-corrected chi connectivity index (χ4v) is 2.37. The van der Waals surface area contributed by atoms with Gasteiger partial charge >= 0.3 is 0 Å². The lowest BCUT2D eigenvalue weighted by atomic mass is 10.1. The minimum Gasteiger partial charge on any atom is -0.473 e. The SMILES string of the molecule is O=C(c1ccncc1)N1CCC(Oc2cnccn2)CC1. The van der Waals surface area contributed by atoms with Crippen molar-refractivity contribution >= 4 is 5.91 Å². The van der Waals surface area contributed by atoms with Crippen LogP contribution in [0.15, 0.2) is 43.1 Å². The molecule has 1 saturated heterocycles. The largest absolute Gasteiger partial charge is 0.473 e. The van der Waals surface area contributed by atoms with E-state index in [1.807, 2.05) is 4.90 Å². The molecule has 1 aliphatic heterocycles. The van der Waals surface area contributed by atoms with E-state index in [9.17, 15) is 4.79 Å². The van der Waals surface area contributed by atoms with E-state index >= 15 is 0 Å². The molecule has 1 aliphatic rings. The molecule has 3 heterocycles. The Morgan fingerprint density at radius 2 is 1.86 bits per heavy atom. The first kappa shape index (κ1) is 13.5. The highest BCUT2D eigenvalue weighted by Crippen LogP contribution is 2.17. The Morgan fingerprint density at radius 1 is 1.10 bits per heavy atom. The number of aromatic nitrogens is 3. The molecule has 3 rings (SSSR count). The Labute approximate surface area is 122 Å². The minimum atomic E-state index is 0.0513. The van der Waals surface area contributed by atoms with Crippen LogP contribution in [0, 0.1) is 0 Å². The Bertz CT molecular complexity index is 583. The third-order valence-electron chi connectivity index (χ3n) is 3.48. The van der Waals surface area contributed by atoms with Crippen molar-refractivity contribution in [3.8, 4) is 5.88 Å². The Hall–Kier alpha value is -2.50. The average molecular weight is 284 g/mol. The molecule has 6 nitrogen and oxygen atoms in total. The summed E-state index contributed by atoms with van der Waals surface area (Å²) in [6.45, 7) is 1.37. The van der Waals surface area contributed by atoms with E-state index in [1.54, 1.807) is 43.1 Å². The van der Waals surface area contributed by atoms with Gasteiger partial charge in [0.2, 0.25) is 5.88 Å². The van der Waals surface area contributed by atoms with E-state index in [-0.39, 0.29) is 12.0 Å². The number of carbonyl (C=O) groups excluding carboxylic acids is 1. The lowest BCUT2D eigenvalue weighted by molar-refractivity contribution is 0.0587. The first-order chi connectivity index (χ1) is 10.3. The molecule has 6 heteroatoms. The van der Waals surface area contributed by atoms with Crippen LogP contribution in [0.5, 0.6) is 5.88 Å². The zero-order valence-corrected chi connectivity index (χ0v) is 11.6. The van der Waals surface area contributed by atoms with Crippen LogP contribution in [-0.4, -0.2) is 45.0 Å². The molecule has 0 spiro atoms. The predicted octanol–water partition coefficient (Wildman–Crippen LogP) is 1.56. The normalized spacial score (nSPS) is 15.7. The van der Waals surface area contributed by atoms with Crippen molar-refractivity contribution in [2.24, 2.45) is 0 Å². The maximum Gasteiger partial charge on any atom is 0.253 e. The van der Waals surface area contributed by atoms with Gasteiger partial charge in [-0.25, -0.2) is 4.98 Å². The number of pyridine rings is 1. The molecule has 0 aromatic carbocycles. The maximum absolute atomic E-state index is 12.3. The minimum absolute atomic E-state index is 0.0513. The van der Waals surface area contributed by atoms with E-state index in [1.165, 1.54) is 0 Å². The quantitative estimate of drug-likeness (QED) is 0.855. The highest BCUT2D eigenvalue weighted by atomic mass is 16.5. The standard InChI is InChI=1S/C15H16N4O2/c20-15(12-1-5-16-6-2-12)19-9-3-13(4-10-19)21-14-11-17-7-8-18-14/h1-2,5-8,11,13H,3-4,9-10H2. The Kier molecular flexibility index (Phi) is 4.04. The molecular formula is C15H16N4O2. The highest BCUT2D eigenvalue weighted by molar-refractivity contribution is 5.94. The molecule has 0 bridgehead atoms. The van der Waals surface area contributed by atoms with Crippen LogP contribution in [0.2, 0.25) is 0 Å². The van der Waals surface area contributed by atoms with E-state index in [2.05, 4.69) is 15.0 Å². The lowest BCUT2D eigenvalue weighted by Crippen LogP contribution is -2.41. The summed E-state index contributed by atoms with van der Waals surface area (Å²) in [6, 6.07) is 3.48. The second kappa shape index (κ2) is 6.30. The second-order valence-corrected chi connectivity index (χ2v) is 4.89. The van der Waals surface area contributed by atoms with Crippen LogP contribution in [0.1, 0.15) is 23.2 Å². The summed E-state index contributed by atoms with van der Waals surface area (Å²) >= 11 is 0. The smallest absolute Gasteiger partial charge is 0.253 e. The average Bonchev–Trinajstić information content (AvgIpc) is 2.57. The van der Waals surface area contributed by atoms with Crippen molar-refractivity contribution in [1.82, 2.24) is 19.9 Å². The summed E-state index contributed by atoms with van der Waals surface area (Å²) in [6.07, 6.45) is 9.78. The van der Waals surface area contributed by atoms with Gasteiger partial charge in [0.1, 0.15) is 6.10 Å². The van der Waals surface area contributed by atoms with Crippen LogP contribution in [0.4, 0.5) is 0 Å². The summed E-state index contributed by atoms with van der Waals surface area (Å²) < 4.78 is 5.77. The van der Waals surface area contributed by atoms with Gasteiger partial charge in [0.25, 0.3) is 5.91 Å². The molecule has 0 saturated carbocycles. The van der Waals surface area contributed by atoms with Gasteiger partial charge in [-0.2, -0.15) is 0 Å². The highest BCUT2D eigenvalue weighted by Gasteiger charge is 2.24. The Balaban J connectivity index is 1.54. The van der Waals surface area contributed by atoms with Gasteiger partial charge in [-0.05, 0) is 12.1 Å². The summed E-state index contributed by atoms with van der Waals surface area (Å²) in [5, 5.41) is 0. The number of amides is 1. The predicted molar refractivity (Wildman–Crippen MR) is 75.8 cm³/mol. The van der Waals surface area contributed by atoms with Crippen LogP contribution in [0.3, 0.4) is 0 Å².